The van der Waals surface area contributed by atoms with Crippen molar-refractivity contribution in [3.8, 4) is 0 Å². The number of nitrogens with one attached hydrogen (secondary N) is 3. The number of hydrogen-bond donors (Lipinski definition) is 3. The van der Waals surface area contributed by atoms with E-state index in [1.54, 1.807) is 7.11 Å². The van der Waals surface area contributed by atoms with Gasteiger partial charge >= 0.3 is 0 Å². The standard InChI is InChI=1S/C28H38N4O3S/c1-16-13-25(36-6)23(27(33)31-16)15-30-28(34)26-18(3)32(24-12-9-20(29-4)14-22(24)26)17(2)19-7-10-21(35-5)11-8-19/h9,12-14,17,19,21,29H,7-8,10-11,15H2,1-6H3,(H,30,34)(H,31,33)/t17-,19-,21+/m1/s1. The lowest BCUT2D eigenvalue weighted by molar-refractivity contribution is 0.0492. The number of pyridine rings is 1. The zero-order valence-electron chi connectivity index (χ0n) is 22.2. The molecule has 0 aliphatic heterocycles. The van der Waals surface area contributed by atoms with Gasteiger partial charge in [-0.15, -0.1) is 11.8 Å². The fourth-order valence-electron chi connectivity index (χ4n) is 5.72. The highest BCUT2D eigenvalue weighted by Crippen LogP contribution is 2.39. The normalized spacial score (nSPS) is 18.8. The van der Waals surface area contributed by atoms with Crippen LogP contribution in [0.1, 0.15) is 66.0 Å². The van der Waals surface area contributed by atoms with Gasteiger partial charge in [0.15, 0.2) is 0 Å². The van der Waals surface area contributed by atoms with Gasteiger partial charge in [0, 0.05) is 65.2 Å². The molecule has 1 aromatic carbocycles. The minimum Gasteiger partial charge on any atom is -0.388 e. The van der Waals surface area contributed by atoms with Crippen LogP contribution in [0.25, 0.3) is 10.9 Å². The van der Waals surface area contributed by atoms with Crippen LogP contribution in [-0.4, -0.2) is 42.0 Å². The second-order valence-electron chi connectivity index (χ2n) is 9.84. The van der Waals surface area contributed by atoms with Crippen molar-refractivity contribution in [2.24, 2.45) is 5.92 Å². The van der Waals surface area contributed by atoms with Gasteiger partial charge in [-0.2, -0.15) is 0 Å². The topological polar surface area (TPSA) is 88.2 Å². The van der Waals surface area contributed by atoms with Gasteiger partial charge in [-0.1, -0.05) is 0 Å². The van der Waals surface area contributed by atoms with E-state index in [4.69, 9.17) is 4.74 Å². The van der Waals surface area contributed by atoms with Crippen molar-refractivity contribution in [1.82, 2.24) is 14.9 Å². The first kappa shape index (κ1) is 26.4. The summed E-state index contributed by atoms with van der Waals surface area (Å²) in [7, 11) is 3.68. The maximum absolute atomic E-state index is 13.6. The first-order valence-corrected chi connectivity index (χ1v) is 13.9. The molecule has 4 rings (SSSR count). The molecule has 0 radical (unpaired) electrons. The van der Waals surface area contributed by atoms with Crippen LogP contribution < -0.4 is 16.2 Å². The van der Waals surface area contributed by atoms with E-state index >= 15 is 0 Å². The number of aromatic nitrogens is 2. The highest BCUT2D eigenvalue weighted by atomic mass is 32.2. The molecule has 1 fully saturated rings. The number of carbonyl (C=O) groups excluding carboxylic acids is 1. The van der Waals surface area contributed by atoms with Gasteiger partial charge in [-0.25, -0.2) is 0 Å². The SMILES string of the molecule is CNc1ccc2c(c1)c(C(=O)NCc1c(SC)cc(C)[nH]c1=O)c(C)n2[C@H](C)[C@H]1CC[C@@H](OC)CC1. The number of aromatic amines is 1. The second-order valence-corrected chi connectivity index (χ2v) is 10.7. The molecule has 2 heterocycles. The first-order chi connectivity index (χ1) is 17.3. The summed E-state index contributed by atoms with van der Waals surface area (Å²) in [6.45, 7) is 6.36. The van der Waals surface area contributed by atoms with Gasteiger partial charge in [0.25, 0.3) is 11.5 Å². The third-order valence-electron chi connectivity index (χ3n) is 7.78. The Morgan fingerprint density at radius 1 is 1.22 bits per heavy atom. The molecule has 3 N–H and O–H groups in total. The molecule has 1 saturated carbocycles. The van der Waals surface area contributed by atoms with Crippen molar-refractivity contribution in [3.05, 3.63) is 57.1 Å². The zero-order chi connectivity index (χ0) is 26.0. The molecule has 7 nitrogen and oxygen atoms in total. The lowest BCUT2D eigenvalue weighted by atomic mass is 9.83. The van der Waals surface area contributed by atoms with Gasteiger partial charge in [-0.3, -0.25) is 9.59 Å². The molecule has 0 unspecified atom stereocenters. The van der Waals surface area contributed by atoms with Crippen molar-refractivity contribution < 1.29 is 9.53 Å². The molecule has 1 atom stereocenters. The Bertz CT molecular complexity index is 1300. The molecule has 1 aliphatic carbocycles. The fourth-order valence-corrected chi connectivity index (χ4v) is 6.43. The van der Waals surface area contributed by atoms with Crippen molar-refractivity contribution in [1.29, 1.82) is 0 Å². The summed E-state index contributed by atoms with van der Waals surface area (Å²) in [6, 6.07) is 8.43. The number of methoxy groups -OCH3 is 1. The number of amides is 1. The predicted molar refractivity (Wildman–Crippen MR) is 148 cm³/mol. The van der Waals surface area contributed by atoms with Gasteiger partial charge in [0.1, 0.15) is 0 Å². The first-order valence-electron chi connectivity index (χ1n) is 12.7. The molecule has 194 valence electrons. The Kier molecular flexibility index (Phi) is 8.15. The monoisotopic (exact) mass is 510 g/mol. The van der Waals surface area contributed by atoms with Crippen LogP contribution in [0.4, 0.5) is 5.69 Å². The number of nitrogens with zero attached hydrogens (tertiary/aromatic N) is 1. The lowest BCUT2D eigenvalue weighted by Gasteiger charge is -2.33. The van der Waals surface area contributed by atoms with E-state index in [2.05, 4.69) is 39.2 Å². The van der Waals surface area contributed by atoms with E-state index in [-0.39, 0.29) is 24.1 Å². The summed E-state index contributed by atoms with van der Waals surface area (Å²) in [5.74, 6) is 0.368. The van der Waals surface area contributed by atoms with E-state index in [1.807, 2.05) is 39.3 Å². The molecular weight excluding hydrogens is 472 g/mol. The summed E-state index contributed by atoms with van der Waals surface area (Å²) in [4.78, 5) is 30.0. The number of hydrogen-bond acceptors (Lipinski definition) is 5. The van der Waals surface area contributed by atoms with Gasteiger partial charge in [-0.05, 0) is 82.9 Å². The molecule has 0 spiro atoms. The van der Waals surface area contributed by atoms with Gasteiger partial charge < -0.3 is 24.9 Å². The summed E-state index contributed by atoms with van der Waals surface area (Å²) in [5, 5.41) is 7.17. The average Bonchev–Trinajstić information content (AvgIpc) is 3.17. The van der Waals surface area contributed by atoms with E-state index in [0.717, 1.165) is 58.6 Å². The molecule has 1 amide bonds. The van der Waals surface area contributed by atoms with Gasteiger partial charge in [0.05, 0.1) is 11.7 Å². The third kappa shape index (κ3) is 5.06. The minimum atomic E-state index is -0.160. The van der Waals surface area contributed by atoms with Crippen molar-refractivity contribution in [2.75, 3.05) is 25.7 Å². The number of ether oxygens (including phenoxy) is 1. The number of carbonyl (C=O) groups is 1. The van der Waals surface area contributed by atoms with Crippen LogP contribution in [0.15, 0.2) is 34.0 Å². The molecule has 2 aromatic heterocycles. The van der Waals surface area contributed by atoms with Crippen LogP contribution in [-0.2, 0) is 11.3 Å². The van der Waals surface area contributed by atoms with E-state index in [9.17, 15) is 9.59 Å². The second kappa shape index (κ2) is 11.1. The number of thioether (sulfide) groups is 1. The van der Waals surface area contributed by atoms with Crippen LogP contribution in [0, 0.1) is 19.8 Å². The summed E-state index contributed by atoms with van der Waals surface area (Å²) in [5.41, 5.74) is 4.90. The Morgan fingerprint density at radius 3 is 2.58 bits per heavy atom. The molecule has 3 aromatic rings. The van der Waals surface area contributed by atoms with Crippen LogP contribution >= 0.6 is 11.8 Å². The summed E-state index contributed by atoms with van der Waals surface area (Å²) >= 11 is 1.51. The lowest BCUT2D eigenvalue weighted by Crippen LogP contribution is -2.29. The molecular formula is C28H38N4O3S. The molecule has 36 heavy (non-hydrogen) atoms. The molecule has 1 aliphatic rings. The van der Waals surface area contributed by atoms with E-state index in [0.29, 0.717) is 23.1 Å². The third-order valence-corrected chi connectivity index (χ3v) is 8.59. The Balaban J connectivity index is 1.69. The predicted octanol–water partition coefficient (Wildman–Crippen LogP) is 5.41. The molecule has 8 heteroatoms. The zero-order valence-corrected chi connectivity index (χ0v) is 23.0. The smallest absolute Gasteiger partial charge is 0.254 e. The Morgan fingerprint density at radius 2 is 1.94 bits per heavy atom. The van der Waals surface area contributed by atoms with Gasteiger partial charge in [0.2, 0.25) is 0 Å². The minimum absolute atomic E-state index is 0.156. The Labute approximate surface area is 217 Å². The molecule has 0 saturated heterocycles. The number of H-pyrrole nitrogens is 1. The largest absolute Gasteiger partial charge is 0.388 e. The quantitative estimate of drug-likeness (QED) is 0.353. The van der Waals surface area contributed by atoms with Crippen molar-refractivity contribution in [2.45, 2.75) is 70.0 Å². The average molecular weight is 511 g/mol. The molecule has 0 bridgehead atoms. The van der Waals surface area contributed by atoms with Crippen molar-refractivity contribution >= 4 is 34.3 Å². The van der Waals surface area contributed by atoms with Crippen LogP contribution in [0.5, 0.6) is 0 Å². The van der Waals surface area contributed by atoms with E-state index < -0.39 is 0 Å². The number of benzene rings is 1. The van der Waals surface area contributed by atoms with Crippen molar-refractivity contribution in [3.63, 3.8) is 0 Å². The number of anilines is 1. The maximum atomic E-state index is 13.6. The number of fused-ring (bicyclic) bond motifs is 1. The number of rotatable bonds is 8. The fraction of sp³-hybridized carbons (Fsp3) is 0.500. The maximum Gasteiger partial charge on any atom is 0.254 e. The van der Waals surface area contributed by atoms with Crippen LogP contribution in [0.3, 0.4) is 0 Å². The highest BCUT2D eigenvalue weighted by molar-refractivity contribution is 7.98. The van der Waals surface area contributed by atoms with Crippen LogP contribution in [0.2, 0.25) is 0 Å². The highest BCUT2D eigenvalue weighted by Gasteiger charge is 2.30. The Hall–Kier alpha value is -2.71. The number of aryl methyl sites for hydroxylation is 1. The summed E-state index contributed by atoms with van der Waals surface area (Å²) < 4.78 is 7.92. The summed E-state index contributed by atoms with van der Waals surface area (Å²) in [6.07, 6.45) is 6.67. The van der Waals surface area contributed by atoms with E-state index in [1.165, 1.54) is 11.8 Å².